The van der Waals surface area contributed by atoms with Gasteiger partial charge in [-0.15, -0.1) is 11.3 Å². The number of phenols is 1. The van der Waals surface area contributed by atoms with Gasteiger partial charge in [-0.05, 0) is 11.6 Å². The zero-order chi connectivity index (χ0) is 15.0. The van der Waals surface area contributed by atoms with E-state index < -0.39 is 20.8 Å². The lowest BCUT2D eigenvalue weighted by Gasteiger charge is -2.24. The third-order valence-electron chi connectivity index (χ3n) is 3.12. The highest BCUT2D eigenvalue weighted by Crippen LogP contribution is 2.36. The van der Waals surface area contributed by atoms with Crippen molar-refractivity contribution in [1.82, 2.24) is 6.15 Å². The van der Waals surface area contributed by atoms with Crippen molar-refractivity contribution in [3.05, 3.63) is 34.5 Å². The summed E-state index contributed by atoms with van der Waals surface area (Å²) in [6.07, 6.45) is -0.0700. The molecule has 1 aliphatic heterocycles. The summed E-state index contributed by atoms with van der Waals surface area (Å²) in [5, 5.41) is 13.6. The van der Waals surface area contributed by atoms with Gasteiger partial charge in [0, 0.05) is 17.2 Å². The summed E-state index contributed by atoms with van der Waals surface area (Å²) >= 11 is 1.46. The van der Waals surface area contributed by atoms with Gasteiger partial charge in [0.1, 0.15) is 23.4 Å². The molecule has 1 aromatic carbocycles. The van der Waals surface area contributed by atoms with Crippen molar-refractivity contribution in [3.63, 3.8) is 0 Å². The van der Waals surface area contributed by atoms with Gasteiger partial charge in [-0.2, -0.15) is 8.42 Å². The van der Waals surface area contributed by atoms with E-state index in [9.17, 15) is 13.5 Å². The van der Waals surface area contributed by atoms with Gasteiger partial charge in [0.15, 0.2) is 11.5 Å². The fraction of sp³-hybridized carbons (Fsp3) is 0.231. The monoisotopic (exact) mass is 345 g/mol. The van der Waals surface area contributed by atoms with Crippen LogP contribution >= 0.6 is 11.3 Å². The largest absolute Gasteiger partial charge is 0.506 e. The van der Waals surface area contributed by atoms with Crippen LogP contribution < -0.4 is 15.6 Å². The fourth-order valence-corrected chi connectivity index (χ4v) is 3.44. The second-order valence-electron chi connectivity index (χ2n) is 4.59. The van der Waals surface area contributed by atoms with Crippen LogP contribution in [-0.4, -0.2) is 30.8 Å². The molecule has 2 aromatic rings. The van der Waals surface area contributed by atoms with Crippen molar-refractivity contribution >= 4 is 21.5 Å². The molecular formula is C13H15NO6S2. The molecule has 1 unspecified atom stereocenters. The maximum atomic E-state index is 11.2. The van der Waals surface area contributed by atoms with Crippen LogP contribution in [0.3, 0.4) is 0 Å². The lowest BCUT2D eigenvalue weighted by molar-refractivity contribution is 0.0922. The molecule has 120 valence electrons. The second kappa shape index (κ2) is 6.13. The molecule has 0 saturated carbocycles. The third-order valence-corrected chi connectivity index (χ3v) is 4.70. The summed E-state index contributed by atoms with van der Waals surface area (Å²) < 4.78 is 42.6. The molecule has 5 N–H and O–H groups in total. The molecule has 0 fully saturated rings. The number of ether oxygens (including phenoxy) is 2. The minimum atomic E-state index is -4.46. The maximum absolute atomic E-state index is 11.2. The highest BCUT2D eigenvalue weighted by Gasteiger charge is 2.25. The summed E-state index contributed by atoms with van der Waals surface area (Å²) in [6, 6.07) is 4.18. The third kappa shape index (κ3) is 3.17. The molecule has 1 aliphatic rings. The molecule has 0 radical (unpaired) electrons. The molecule has 1 atom stereocenters. The average molecular weight is 345 g/mol. The number of para-hydroxylation sites is 1. The summed E-state index contributed by atoms with van der Waals surface area (Å²) in [5.41, 5.74) is 0.373. The Kier molecular flexibility index (Phi) is 4.61. The van der Waals surface area contributed by atoms with Crippen molar-refractivity contribution in [3.8, 4) is 17.2 Å². The normalized spacial score (nSPS) is 16.9. The van der Waals surface area contributed by atoms with Crippen LogP contribution in [0.25, 0.3) is 0 Å². The summed E-state index contributed by atoms with van der Waals surface area (Å²) in [4.78, 5) is -0.507. The van der Waals surface area contributed by atoms with E-state index in [1.807, 2.05) is 10.8 Å². The Balaban J connectivity index is 0.00000176. The summed E-state index contributed by atoms with van der Waals surface area (Å²) in [6.45, 7) is 0.305. The molecule has 9 heteroatoms. The highest BCUT2D eigenvalue weighted by atomic mass is 32.2. The van der Waals surface area contributed by atoms with Crippen LogP contribution in [0, 0.1) is 0 Å². The number of benzene rings is 1. The molecule has 0 spiro atoms. The number of rotatable bonds is 3. The van der Waals surface area contributed by atoms with E-state index in [1.54, 1.807) is 6.07 Å². The molecular weight excluding hydrogens is 330 g/mol. The maximum Gasteiger partial charge on any atom is 0.298 e. The topological polar surface area (TPSA) is 128 Å². The summed E-state index contributed by atoms with van der Waals surface area (Å²) in [5.74, 6) is 0.869. The number of fused-ring (bicyclic) bond motifs is 1. The average Bonchev–Trinajstić information content (AvgIpc) is 2.87. The number of hydrogen-bond donors (Lipinski definition) is 3. The standard InChI is InChI=1S/C13H12O6S2.H3N/c14-13-8(2-1-3-12(13)21(15,16)17)4-9-5-18-10-6-20-7-11(10)19-9;/h1-3,6-7,9,14H,4-5H2,(H,15,16,17);1H3. The van der Waals surface area contributed by atoms with Gasteiger partial charge in [-0.3, -0.25) is 4.55 Å². The van der Waals surface area contributed by atoms with Crippen molar-refractivity contribution < 1.29 is 27.6 Å². The Morgan fingerprint density at radius 3 is 2.73 bits per heavy atom. The van der Waals surface area contributed by atoms with Crippen molar-refractivity contribution in [1.29, 1.82) is 0 Å². The zero-order valence-corrected chi connectivity index (χ0v) is 13.1. The van der Waals surface area contributed by atoms with Crippen LogP contribution in [0.2, 0.25) is 0 Å². The first-order valence-corrected chi connectivity index (χ1v) is 8.47. The van der Waals surface area contributed by atoms with Gasteiger partial charge < -0.3 is 20.7 Å². The van der Waals surface area contributed by atoms with Crippen LogP contribution in [0.4, 0.5) is 0 Å². The molecule has 22 heavy (non-hydrogen) atoms. The number of hydrogen-bond acceptors (Lipinski definition) is 7. The second-order valence-corrected chi connectivity index (χ2v) is 6.73. The Morgan fingerprint density at radius 2 is 2.00 bits per heavy atom. The van der Waals surface area contributed by atoms with E-state index in [0.29, 0.717) is 23.7 Å². The number of thiophene rings is 1. The molecule has 3 rings (SSSR count). The van der Waals surface area contributed by atoms with E-state index >= 15 is 0 Å². The van der Waals surface area contributed by atoms with Crippen LogP contribution in [0.1, 0.15) is 5.56 Å². The predicted molar refractivity (Wildman–Crippen MR) is 80.9 cm³/mol. The van der Waals surface area contributed by atoms with E-state index in [-0.39, 0.29) is 18.7 Å². The highest BCUT2D eigenvalue weighted by molar-refractivity contribution is 7.86. The minimum Gasteiger partial charge on any atom is -0.506 e. The van der Waals surface area contributed by atoms with Crippen LogP contribution in [0.5, 0.6) is 17.2 Å². The molecule has 2 heterocycles. The van der Waals surface area contributed by atoms with Crippen molar-refractivity contribution in [2.24, 2.45) is 0 Å². The van der Waals surface area contributed by atoms with Gasteiger partial charge in [-0.25, -0.2) is 0 Å². The van der Waals surface area contributed by atoms with Crippen molar-refractivity contribution in [2.75, 3.05) is 6.61 Å². The fourth-order valence-electron chi connectivity index (χ4n) is 2.15. The van der Waals surface area contributed by atoms with Gasteiger partial charge in [0.05, 0.1) is 0 Å². The van der Waals surface area contributed by atoms with Crippen LogP contribution in [-0.2, 0) is 16.5 Å². The zero-order valence-electron chi connectivity index (χ0n) is 11.4. The first kappa shape index (κ1) is 16.6. The first-order valence-electron chi connectivity index (χ1n) is 6.09. The minimum absolute atomic E-state index is 0. The SMILES string of the molecule is N.O=S(=O)(O)c1cccc(CC2COc3cscc3O2)c1O. The van der Waals surface area contributed by atoms with Gasteiger partial charge in [0.25, 0.3) is 10.1 Å². The van der Waals surface area contributed by atoms with E-state index in [1.165, 1.54) is 17.4 Å². The Morgan fingerprint density at radius 1 is 1.27 bits per heavy atom. The molecule has 0 saturated heterocycles. The van der Waals surface area contributed by atoms with E-state index in [2.05, 4.69) is 0 Å². The van der Waals surface area contributed by atoms with Gasteiger partial charge >= 0.3 is 0 Å². The lowest BCUT2D eigenvalue weighted by Crippen LogP contribution is -2.30. The first-order chi connectivity index (χ1) is 9.95. The van der Waals surface area contributed by atoms with Gasteiger partial charge in [-0.1, -0.05) is 12.1 Å². The van der Waals surface area contributed by atoms with Crippen LogP contribution in [0.15, 0.2) is 33.9 Å². The Bertz CT molecular complexity index is 771. The molecule has 0 aliphatic carbocycles. The molecule has 0 amide bonds. The summed E-state index contributed by atoms with van der Waals surface area (Å²) in [7, 11) is -4.46. The lowest BCUT2D eigenvalue weighted by atomic mass is 10.1. The van der Waals surface area contributed by atoms with E-state index in [4.69, 9.17) is 14.0 Å². The quantitative estimate of drug-likeness (QED) is 0.728. The van der Waals surface area contributed by atoms with Crippen molar-refractivity contribution in [2.45, 2.75) is 17.4 Å². The van der Waals surface area contributed by atoms with E-state index in [0.717, 1.165) is 6.07 Å². The number of phenolic OH excluding ortho intramolecular Hbond substituents is 1. The Hall–Kier alpha value is -1.81. The smallest absolute Gasteiger partial charge is 0.298 e. The number of aromatic hydroxyl groups is 1. The Labute approximate surface area is 131 Å². The predicted octanol–water partition coefficient (Wildman–Crippen LogP) is 2.24. The van der Waals surface area contributed by atoms with Gasteiger partial charge in [0.2, 0.25) is 0 Å². The molecule has 1 aromatic heterocycles. The molecule has 0 bridgehead atoms. The molecule has 7 nitrogen and oxygen atoms in total.